The van der Waals surface area contributed by atoms with Crippen LogP contribution < -0.4 is 4.74 Å². The number of methoxy groups -OCH3 is 1. The van der Waals surface area contributed by atoms with Gasteiger partial charge in [0.25, 0.3) is 0 Å². The second-order valence-corrected chi connectivity index (χ2v) is 12.6. The van der Waals surface area contributed by atoms with Crippen LogP contribution >= 0.6 is 0 Å². The Labute approximate surface area is 183 Å². The molecule has 1 amide bonds. The molecular formula is C20H29N3O6S2. The number of amides is 1. The molecule has 1 saturated carbocycles. The number of piperazine rings is 1. The van der Waals surface area contributed by atoms with Crippen molar-refractivity contribution in [2.45, 2.75) is 36.2 Å². The molecule has 2 heterocycles. The second-order valence-electron chi connectivity index (χ2n) is 8.44. The lowest BCUT2D eigenvalue weighted by molar-refractivity contribution is -0.135. The van der Waals surface area contributed by atoms with Gasteiger partial charge in [-0.05, 0) is 43.5 Å². The maximum absolute atomic E-state index is 13.0. The van der Waals surface area contributed by atoms with Gasteiger partial charge in [-0.25, -0.2) is 16.8 Å². The van der Waals surface area contributed by atoms with Gasteiger partial charge in [-0.1, -0.05) is 0 Å². The molecule has 1 aromatic rings. The number of sulfonamides is 1. The van der Waals surface area contributed by atoms with E-state index in [1.165, 1.54) is 23.5 Å². The van der Waals surface area contributed by atoms with Gasteiger partial charge in [0, 0.05) is 38.3 Å². The molecule has 0 bridgehead atoms. The van der Waals surface area contributed by atoms with E-state index in [2.05, 4.69) is 0 Å². The fourth-order valence-corrected chi connectivity index (χ4v) is 7.48. The fraction of sp³-hybridized carbons (Fsp3) is 0.650. The summed E-state index contributed by atoms with van der Waals surface area (Å²) in [5.41, 5.74) is 0. The number of carbonyl (C=O) groups is 1. The van der Waals surface area contributed by atoms with Crippen molar-refractivity contribution in [1.82, 2.24) is 14.1 Å². The van der Waals surface area contributed by atoms with Crippen LogP contribution in [0.1, 0.15) is 19.3 Å². The van der Waals surface area contributed by atoms with E-state index in [-0.39, 0.29) is 40.9 Å². The highest BCUT2D eigenvalue weighted by Gasteiger charge is 2.42. The Bertz CT molecular complexity index is 1010. The first-order valence-electron chi connectivity index (χ1n) is 10.6. The lowest BCUT2D eigenvalue weighted by Gasteiger charge is -2.36. The van der Waals surface area contributed by atoms with Gasteiger partial charge in [0.2, 0.25) is 15.9 Å². The van der Waals surface area contributed by atoms with Crippen LogP contribution in [0.4, 0.5) is 0 Å². The Kier molecular flexibility index (Phi) is 6.30. The predicted molar refractivity (Wildman–Crippen MR) is 115 cm³/mol. The fourth-order valence-electron chi connectivity index (χ4n) is 4.35. The van der Waals surface area contributed by atoms with Crippen LogP contribution in [0.25, 0.3) is 0 Å². The predicted octanol–water partition coefficient (Wildman–Crippen LogP) is 0.180. The van der Waals surface area contributed by atoms with Crippen LogP contribution in [0.3, 0.4) is 0 Å². The summed E-state index contributed by atoms with van der Waals surface area (Å²) in [6.45, 7) is 1.74. The van der Waals surface area contributed by atoms with E-state index in [1.54, 1.807) is 17.0 Å². The lowest BCUT2D eigenvalue weighted by atomic mass is 10.2. The maximum Gasteiger partial charge on any atom is 0.243 e. The molecule has 31 heavy (non-hydrogen) atoms. The van der Waals surface area contributed by atoms with Gasteiger partial charge < -0.3 is 9.64 Å². The average molecular weight is 472 g/mol. The summed E-state index contributed by atoms with van der Waals surface area (Å²) in [5, 5.41) is 0. The molecule has 2 saturated heterocycles. The minimum absolute atomic E-state index is 0.0453. The van der Waals surface area contributed by atoms with Crippen molar-refractivity contribution in [1.29, 1.82) is 0 Å². The molecule has 11 heteroatoms. The number of ether oxygens (including phenoxy) is 1. The molecule has 1 aromatic carbocycles. The third-order valence-electron chi connectivity index (χ3n) is 6.22. The van der Waals surface area contributed by atoms with Crippen molar-refractivity contribution in [2.24, 2.45) is 0 Å². The van der Waals surface area contributed by atoms with Crippen LogP contribution in [0.5, 0.6) is 5.75 Å². The first-order valence-corrected chi connectivity index (χ1v) is 13.8. The van der Waals surface area contributed by atoms with E-state index < -0.39 is 19.9 Å². The van der Waals surface area contributed by atoms with Crippen LogP contribution in [-0.2, 0) is 24.7 Å². The Morgan fingerprint density at radius 3 is 2.23 bits per heavy atom. The van der Waals surface area contributed by atoms with Crippen LogP contribution in [0.2, 0.25) is 0 Å². The Hall–Kier alpha value is -1.69. The van der Waals surface area contributed by atoms with E-state index >= 15 is 0 Å². The monoisotopic (exact) mass is 471 g/mol. The highest BCUT2D eigenvalue weighted by molar-refractivity contribution is 7.91. The topological polar surface area (TPSA) is 104 Å². The zero-order valence-electron chi connectivity index (χ0n) is 17.6. The highest BCUT2D eigenvalue weighted by Crippen LogP contribution is 2.32. The van der Waals surface area contributed by atoms with E-state index in [0.717, 1.165) is 12.8 Å². The summed E-state index contributed by atoms with van der Waals surface area (Å²) in [6.07, 6.45) is 2.37. The number of benzene rings is 1. The molecular weight excluding hydrogens is 442 g/mol. The van der Waals surface area contributed by atoms with Crippen LogP contribution in [-0.4, -0.2) is 100 Å². The van der Waals surface area contributed by atoms with Gasteiger partial charge in [-0.3, -0.25) is 9.69 Å². The molecule has 3 fully saturated rings. The molecule has 172 valence electrons. The quantitative estimate of drug-likeness (QED) is 0.559. The molecule has 0 radical (unpaired) electrons. The summed E-state index contributed by atoms with van der Waals surface area (Å²) >= 11 is 0. The molecule has 1 aliphatic carbocycles. The van der Waals surface area contributed by atoms with E-state index in [1.807, 2.05) is 4.90 Å². The summed E-state index contributed by atoms with van der Waals surface area (Å²) in [7, 11) is -5.12. The molecule has 4 rings (SSSR count). The zero-order valence-corrected chi connectivity index (χ0v) is 19.3. The van der Waals surface area contributed by atoms with Gasteiger partial charge in [-0.2, -0.15) is 4.31 Å². The SMILES string of the molecule is COc1ccc(S(=O)(=O)N2CCN(CC(=O)N(C3CC3)C3CCS(=O)(=O)C3)CC2)cc1. The molecule has 1 atom stereocenters. The van der Waals surface area contributed by atoms with E-state index in [0.29, 0.717) is 38.3 Å². The van der Waals surface area contributed by atoms with Crippen molar-refractivity contribution in [3.63, 3.8) is 0 Å². The first kappa shape index (κ1) is 22.5. The molecule has 0 N–H and O–H groups in total. The first-order chi connectivity index (χ1) is 14.7. The largest absolute Gasteiger partial charge is 0.497 e. The molecule has 0 aromatic heterocycles. The number of rotatable bonds is 7. The number of hydrogen-bond donors (Lipinski definition) is 0. The molecule has 0 spiro atoms. The van der Waals surface area contributed by atoms with Gasteiger partial charge in [0.1, 0.15) is 5.75 Å². The Morgan fingerprint density at radius 1 is 1.06 bits per heavy atom. The van der Waals surface area contributed by atoms with E-state index in [9.17, 15) is 21.6 Å². The van der Waals surface area contributed by atoms with Crippen molar-refractivity contribution in [3.8, 4) is 5.75 Å². The number of hydrogen-bond acceptors (Lipinski definition) is 7. The van der Waals surface area contributed by atoms with Gasteiger partial charge in [-0.15, -0.1) is 0 Å². The standard InChI is InChI=1S/C20H29N3O6S2/c1-29-18-4-6-19(7-5-18)31(27,28)22-11-9-21(10-12-22)14-20(24)23(16-2-3-16)17-8-13-30(25,26)15-17/h4-7,16-17H,2-3,8-15H2,1H3. The van der Waals surface area contributed by atoms with E-state index in [4.69, 9.17) is 4.74 Å². The molecule has 1 unspecified atom stereocenters. The average Bonchev–Trinajstić information content (AvgIpc) is 3.51. The summed E-state index contributed by atoms with van der Waals surface area (Å²) < 4.78 is 56.0. The second kappa shape index (κ2) is 8.68. The molecule has 3 aliphatic rings. The minimum Gasteiger partial charge on any atom is -0.497 e. The smallest absolute Gasteiger partial charge is 0.243 e. The zero-order chi connectivity index (χ0) is 22.2. The van der Waals surface area contributed by atoms with Crippen LogP contribution in [0, 0.1) is 0 Å². The normalized spacial score (nSPS) is 24.7. The highest BCUT2D eigenvalue weighted by atomic mass is 32.2. The van der Waals surface area contributed by atoms with Crippen molar-refractivity contribution in [3.05, 3.63) is 24.3 Å². The summed E-state index contributed by atoms with van der Waals surface area (Å²) in [4.78, 5) is 17.0. The van der Waals surface area contributed by atoms with Crippen molar-refractivity contribution >= 4 is 25.8 Å². The maximum atomic E-state index is 13.0. The number of nitrogens with zero attached hydrogens (tertiary/aromatic N) is 3. The Balaban J connectivity index is 1.34. The molecule has 2 aliphatic heterocycles. The third kappa shape index (κ3) is 5.05. The van der Waals surface area contributed by atoms with Crippen molar-refractivity contribution < 1.29 is 26.4 Å². The Morgan fingerprint density at radius 2 is 1.71 bits per heavy atom. The summed E-state index contributed by atoms with van der Waals surface area (Å²) in [6, 6.07) is 6.25. The van der Waals surface area contributed by atoms with Crippen molar-refractivity contribution in [2.75, 3.05) is 51.3 Å². The van der Waals surface area contributed by atoms with Gasteiger partial charge >= 0.3 is 0 Å². The minimum atomic E-state index is -3.60. The molecule has 9 nitrogen and oxygen atoms in total. The third-order valence-corrected chi connectivity index (χ3v) is 9.88. The van der Waals surface area contributed by atoms with Gasteiger partial charge in [0.15, 0.2) is 9.84 Å². The number of sulfone groups is 1. The summed E-state index contributed by atoms with van der Waals surface area (Å²) in [5.74, 6) is 0.757. The van der Waals surface area contributed by atoms with Gasteiger partial charge in [0.05, 0.1) is 30.1 Å². The number of carbonyl (C=O) groups excluding carboxylic acids is 1. The lowest BCUT2D eigenvalue weighted by Crippen LogP contribution is -2.53. The van der Waals surface area contributed by atoms with Crippen LogP contribution in [0.15, 0.2) is 29.2 Å².